The Labute approximate surface area is 202 Å². The number of aromatic amines is 1. The Balaban J connectivity index is 1.80. The van der Waals surface area contributed by atoms with Crippen molar-refractivity contribution < 1.29 is 9.59 Å². The number of rotatable bonds is 7. The van der Waals surface area contributed by atoms with E-state index in [-0.39, 0.29) is 28.8 Å². The van der Waals surface area contributed by atoms with Gasteiger partial charge in [-0.15, -0.1) is 0 Å². The van der Waals surface area contributed by atoms with E-state index in [1.165, 1.54) is 18.7 Å². The summed E-state index contributed by atoms with van der Waals surface area (Å²) < 4.78 is 1.61. The molecule has 2 heterocycles. The third-order valence-corrected chi connectivity index (χ3v) is 6.88. The molecule has 0 unspecified atom stereocenters. The van der Waals surface area contributed by atoms with Crippen LogP contribution in [0, 0.1) is 13.8 Å². The minimum Gasteiger partial charge on any atom is -0.355 e. The van der Waals surface area contributed by atoms with Crippen molar-refractivity contribution in [2.24, 2.45) is 0 Å². The number of ketones is 2. The summed E-state index contributed by atoms with van der Waals surface area (Å²) in [5, 5.41) is 0.983. The maximum Gasteiger partial charge on any atom is 0.266 e. The van der Waals surface area contributed by atoms with E-state index < -0.39 is 0 Å². The maximum absolute atomic E-state index is 13.6. The molecule has 0 spiro atoms. The second-order valence-corrected chi connectivity index (χ2v) is 9.60. The van der Waals surface area contributed by atoms with Crippen LogP contribution in [0.25, 0.3) is 16.6 Å². The van der Waals surface area contributed by atoms with Gasteiger partial charge in [0.05, 0.1) is 28.0 Å². The first-order chi connectivity index (χ1) is 16.2. The van der Waals surface area contributed by atoms with Crippen molar-refractivity contribution in [2.75, 3.05) is 5.75 Å². The average Bonchev–Trinajstić information content (AvgIpc) is 3.11. The SMILES string of the molecule is CC(=O)c1c(C)[nH]c(C(=O)CSc2nc3ccccc3c(=O)n2-c2ccccc2C(C)C)c1C. The fourth-order valence-corrected chi connectivity index (χ4v) is 5.24. The molecule has 0 aliphatic carbocycles. The Bertz CT molecular complexity index is 1480. The van der Waals surface area contributed by atoms with E-state index in [0.717, 1.165) is 11.3 Å². The van der Waals surface area contributed by atoms with Gasteiger partial charge in [0.25, 0.3) is 5.56 Å². The lowest BCUT2D eigenvalue weighted by Crippen LogP contribution is -2.23. The first kappa shape index (κ1) is 23.7. The summed E-state index contributed by atoms with van der Waals surface area (Å²) in [6.07, 6.45) is 0. The molecule has 4 rings (SSSR count). The summed E-state index contributed by atoms with van der Waals surface area (Å²) in [4.78, 5) is 46.5. The lowest BCUT2D eigenvalue weighted by Gasteiger charge is -2.18. The molecule has 0 fully saturated rings. The molecule has 6 nitrogen and oxygen atoms in total. The molecule has 0 amide bonds. The standard InChI is InChI=1S/C27H27N3O3S/c1-15(2)19-10-7-9-13-22(19)30-26(33)20-11-6-8-12-21(20)29-27(30)34-14-23(32)25-16(3)24(18(5)31)17(4)28-25/h6-13,15,28H,14H2,1-5H3. The smallest absolute Gasteiger partial charge is 0.266 e. The molecular formula is C27H27N3O3S. The Morgan fingerprint density at radius 1 is 1.06 bits per heavy atom. The van der Waals surface area contributed by atoms with Gasteiger partial charge in [0.15, 0.2) is 16.7 Å². The van der Waals surface area contributed by atoms with E-state index in [1.54, 1.807) is 30.5 Å². The highest BCUT2D eigenvalue weighted by Crippen LogP contribution is 2.28. The van der Waals surface area contributed by atoms with E-state index in [9.17, 15) is 14.4 Å². The number of aryl methyl sites for hydroxylation is 1. The second kappa shape index (κ2) is 9.43. The molecule has 0 aliphatic heterocycles. The zero-order valence-electron chi connectivity index (χ0n) is 19.9. The molecule has 7 heteroatoms. The number of nitrogens with zero attached hydrogens (tertiary/aromatic N) is 2. The molecule has 0 aliphatic rings. The van der Waals surface area contributed by atoms with Crippen molar-refractivity contribution in [1.82, 2.24) is 14.5 Å². The molecule has 2 aromatic heterocycles. The first-order valence-electron chi connectivity index (χ1n) is 11.2. The van der Waals surface area contributed by atoms with E-state index in [0.29, 0.717) is 38.6 Å². The predicted octanol–water partition coefficient (Wildman–Crippen LogP) is 5.63. The van der Waals surface area contributed by atoms with Crippen molar-refractivity contribution in [3.63, 3.8) is 0 Å². The number of nitrogens with one attached hydrogen (secondary N) is 1. The monoisotopic (exact) mass is 473 g/mol. The molecule has 4 aromatic rings. The molecule has 0 saturated heterocycles. The summed E-state index contributed by atoms with van der Waals surface area (Å²) in [5.41, 5.74) is 4.53. The molecular weight excluding hydrogens is 446 g/mol. The summed E-state index contributed by atoms with van der Waals surface area (Å²) in [6.45, 7) is 9.23. The van der Waals surface area contributed by atoms with Gasteiger partial charge in [-0.25, -0.2) is 4.98 Å². The van der Waals surface area contributed by atoms with Crippen LogP contribution >= 0.6 is 11.8 Å². The van der Waals surface area contributed by atoms with Crippen LogP contribution in [0.5, 0.6) is 0 Å². The van der Waals surface area contributed by atoms with Crippen molar-refractivity contribution in [3.05, 3.63) is 87.0 Å². The van der Waals surface area contributed by atoms with Crippen molar-refractivity contribution in [2.45, 2.75) is 45.7 Å². The zero-order chi connectivity index (χ0) is 24.6. The minimum atomic E-state index is -0.167. The molecule has 0 radical (unpaired) electrons. The molecule has 2 aromatic carbocycles. The summed E-state index contributed by atoms with van der Waals surface area (Å²) in [5.74, 6) is 0.0494. The Hall–Kier alpha value is -3.45. The minimum absolute atomic E-state index is 0.0757. The lowest BCUT2D eigenvalue weighted by atomic mass is 10.0. The quantitative estimate of drug-likeness (QED) is 0.214. The van der Waals surface area contributed by atoms with Gasteiger partial charge in [-0.1, -0.05) is 55.9 Å². The fraction of sp³-hybridized carbons (Fsp3) is 0.259. The Morgan fingerprint density at radius 3 is 2.41 bits per heavy atom. The molecule has 0 atom stereocenters. The van der Waals surface area contributed by atoms with Gasteiger partial charge in [0, 0.05) is 11.3 Å². The number of hydrogen-bond acceptors (Lipinski definition) is 5. The lowest BCUT2D eigenvalue weighted by molar-refractivity contribution is 0.101. The average molecular weight is 474 g/mol. The van der Waals surface area contributed by atoms with Crippen LogP contribution in [-0.4, -0.2) is 31.9 Å². The second-order valence-electron chi connectivity index (χ2n) is 8.66. The number of thioether (sulfide) groups is 1. The Kier molecular flexibility index (Phi) is 6.57. The van der Waals surface area contributed by atoms with Crippen LogP contribution in [0.4, 0.5) is 0 Å². The van der Waals surface area contributed by atoms with Gasteiger partial charge in [0.1, 0.15) is 0 Å². The molecule has 1 N–H and O–H groups in total. The first-order valence-corrected chi connectivity index (χ1v) is 12.2. The maximum atomic E-state index is 13.6. The fourth-order valence-electron chi connectivity index (χ4n) is 4.36. The third kappa shape index (κ3) is 4.23. The van der Waals surface area contributed by atoms with E-state index in [2.05, 4.69) is 18.8 Å². The van der Waals surface area contributed by atoms with Crippen molar-refractivity contribution in [1.29, 1.82) is 0 Å². The highest BCUT2D eigenvalue weighted by molar-refractivity contribution is 7.99. The zero-order valence-corrected chi connectivity index (χ0v) is 20.7. The van der Waals surface area contributed by atoms with Crippen LogP contribution in [-0.2, 0) is 0 Å². The topological polar surface area (TPSA) is 84.8 Å². The third-order valence-electron chi connectivity index (χ3n) is 5.95. The van der Waals surface area contributed by atoms with Gasteiger partial charge >= 0.3 is 0 Å². The van der Waals surface area contributed by atoms with Gasteiger partial charge < -0.3 is 4.98 Å². The molecule has 0 bridgehead atoms. The number of Topliss-reactive ketones (excluding diaryl/α,β-unsaturated/α-hetero) is 2. The van der Waals surface area contributed by atoms with Gasteiger partial charge in [-0.05, 0) is 56.0 Å². The molecule has 174 valence electrons. The number of benzene rings is 2. The van der Waals surface area contributed by atoms with E-state index in [1.807, 2.05) is 36.4 Å². The number of aromatic nitrogens is 3. The van der Waals surface area contributed by atoms with Crippen LogP contribution < -0.4 is 5.56 Å². The largest absolute Gasteiger partial charge is 0.355 e. The van der Waals surface area contributed by atoms with Crippen molar-refractivity contribution in [3.8, 4) is 5.69 Å². The summed E-state index contributed by atoms with van der Waals surface area (Å²) in [7, 11) is 0. The normalized spacial score (nSPS) is 11.4. The number of carbonyl (C=O) groups excluding carboxylic acids is 2. The van der Waals surface area contributed by atoms with Crippen LogP contribution in [0.2, 0.25) is 0 Å². The highest BCUT2D eigenvalue weighted by atomic mass is 32.2. The van der Waals surface area contributed by atoms with Crippen LogP contribution in [0.3, 0.4) is 0 Å². The number of para-hydroxylation sites is 2. The van der Waals surface area contributed by atoms with Crippen LogP contribution in [0.1, 0.15) is 64.4 Å². The molecule has 0 saturated carbocycles. The number of H-pyrrole nitrogens is 1. The van der Waals surface area contributed by atoms with E-state index >= 15 is 0 Å². The van der Waals surface area contributed by atoms with E-state index in [4.69, 9.17) is 4.98 Å². The predicted molar refractivity (Wildman–Crippen MR) is 137 cm³/mol. The van der Waals surface area contributed by atoms with Crippen molar-refractivity contribution >= 4 is 34.2 Å². The number of carbonyl (C=O) groups is 2. The Morgan fingerprint density at radius 2 is 1.74 bits per heavy atom. The number of fused-ring (bicyclic) bond motifs is 1. The van der Waals surface area contributed by atoms with Crippen LogP contribution in [0.15, 0.2) is 58.5 Å². The van der Waals surface area contributed by atoms with Gasteiger partial charge in [-0.2, -0.15) is 0 Å². The summed E-state index contributed by atoms with van der Waals surface area (Å²) in [6, 6.07) is 15.0. The highest BCUT2D eigenvalue weighted by Gasteiger charge is 2.22. The molecule has 34 heavy (non-hydrogen) atoms. The van der Waals surface area contributed by atoms with Gasteiger partial charge in [-0.3, -0.25) is 19.0 Å². The number of hydrogen-bond donors (Lipinski definition) is 1. The summed E-state index contributed by atoms with van der Waals surface area (Å²) >= 11 is 1.22. The van der Waals surface area contributed by atoms with Gasteiger partial charge in [0.2, 0.25) is 0 Å².